The molecule has 1 aromatic carbocycles. The van der Waals surface area contributed by atoms with E-state index in [0.29, 0.717) is 34.7 Å². The van der Waals surface area contributed by atoms with Crippen molar-refractivity contribution < 1.29 is 14.2 Å². The lowest BCUT2D eigenvalue weighted by Gasteiger charge is -2.14. The van der Waals surface area contributed by atoms with E-state index in [1.807, 2.05) is 31.1 Å². The monoisotopic (exact) mass is 382 g/mol. The van der Waals surface area contributed by atoms with Crippen LogP contribution >= 0.6 is 0 Å². The van der Waals surface area contributed by atoms with Crippen molar-refractivity contribution in [2.45, 2.75) is 0 Å². The van der Waals surface area contributed by atoms with E-state index in [4.69, 9.17) is 14.2 Å². The zero-order valence-corrected chi connectivity index (χ0v) is 16.4. The number of anilines is 3. The molecular weight excluding hydrogens is 360 g/mol. The highest BCUT2D eigenvalue weighted by Gasteiger charge is 2.14. The second-order valence-corrected chi connectivity index (χ2v) is 5.97. The molecule has 28 heavy (non-hydrogen) atoms. The van der Waals surface area contributed by atoms with Gasteiger partial charge < -0.3 is 24.4 Å². The van der Waals surface area contributed by atoms with Crippen molar-refractivity contribution in [2.75, 3.05) is 45.6 Å². The van der Waals surface area contributed by atoms with Gasteiger partial charge >= 0.3 is 0 Å². The molecule has 0 atom stereocenters. The van der Waals surface area contributed by atoms with Gasteiger partial charge in [-0.2, -0.15) is 4.98 Å². The highest BCUT2D eigenvalue weighted by atomic mass is 16.5. The summed E-state index contributed by atoms with van der Waals surface area (Å²) in [5.74, 6) is 3.33. The Bertz CT molecular complexity index is 922. The molecule has 0 saturated heterocycles. The molecule has 9 nitrogen and oxygen atoms in total. The molecule has 3 rings (SSSR count). The molecule has 146 valence electrons. The minimum atomic E-state index is 0.385. The lowest BCUT2D eigenvalue weighted by atomic mass is 10.2. The maximum atomic E-state index is 5.37. The highest BCUT2D eigenvalue weighted by Crippen LogP contribution is 2.40. The van der Waals surface area contributed by atoms with Gasteiger partial charge in [-0.25, -0.2) is 15.0 Å². The maximum Gasteiger partial charge on any atom is 0.230 e. The van der Waals surface area contributed by atoms with Gasteiger partial charge in [-0.15, -0.1) is 0 Å². The molecule has 1 N–H and O–H groups in total. The van der Waals surface area contributed by atoms with Crippen molar-refractivity contribution in [3.63, 3.8) is 0 Å². The number of hydrogen-bond donors (Lipinski definition) is 1. The molecule has 0 fully saturated rings. The lowest BCUT2D eigenvalue weighted by Crippen LogP contribution is -2.10. The van der Waals surface area contributed by atoms with E-state index in [0.717, 1.165) is 11.4 Å². The number of aromatic nitrogens is 4. The van der Waals surface area contributed by atoms with Crippen molar-refractivity contribution in [2.24, 2.45) is 0 Å². The molecule has 0 saturated carbocycles. The third-order valence-electron chi connectivity index (χ3n) is 3.96. The summed E-state index contributed by atoms with van der Waals surface area (Å²) in [4.78, 5) is 19.2. The number of ether oxygens (including phenoxy) is 3. The van der Waals surface area contributed by atoms with E-state index in [9.17, 15) is 0 Å². The number of nitrogens with zero attached hydrogens (tertiary/aromatic N) is 5. The quantitative estimate of drug-likeness (QED) is 0.662. The van der Waals surface area contributed by atoms with Crippen LogP contribution in [-0.2, 0) is 0 Å². The summed E-state index contributed by atoms with van der Waals surface area (Å²) < 4.78 is 16.1. The largest absolute Gasteiger partial charge is 0.493 e. The van der Waals surface area contributed by atoms with Crippen molar-refractivity contribution in [1.29, 1.82) is 0 Å². The van der Waals surface area contributed by atoms with Crippen LogP contribution in [0.4, 0.5) is 17.5 Å². The molecular formula is C19H22N6O3. The summed E-state index contributed by atoms with van der Waals surface area (Å²) >= 11 is 0. The number of benzene rings is 1. The van der Waals surface area contributed by atoms with Gasteiger partial charge in [0, 0.05) is 43.7 Å². The molecule has 0 radical (unpaired) electrons. The first-order valence-electron chi connectivity index (χ1n) is 8.45. The first-order chi connectivity index (χ1) is 13.5. The third-order valence-corrected chi connectivity index (χ3v) is 3.96. The van der Waals surface area contributed by atoms with Crippen LogP contribution in [-0.4, -0.2) is 55.4 Å². The van der Waals surface area contributed by atoms with Crippen LogP contribution in [0.2, 0.25) is 0 Å². The first-order valence-corrected chi connectivity index (χ1v) is 8.45. The minimum Gasteiger partial charge on any atom is -0.493 e. The molecule has 9 heteroatoms. The molecule has 0 amide bonds. The van der Waals surface area contributed by atoms with Crippen molar-refractivity contribution in [3.8, 4) is 28.6 Å². The Morgan fingerprint density at radius 2 is 1.61 bits per heavy atom. The van der Waals surface area contributed by atoms with Crippen LogP contribution in [0.15, 0.2) is 36.8 Å². The lowest BCUT2D eigenvalue weighted by molar-refractivity contribution is 0.324. The Hall–Kier alpha value is -3.62. The Morgan fingerprint density at radius 1 is 0.893 bits per heavy atom. The van der Waals surface area contributed by atoms with E-state index in [1.54, 1.807) is 39.7 Å². The zero-order valence-electron chi connectivity index (χ0n) is 16.4. The number of methoxy groups -OCH3 is 3. The highest BCUT2D eigenvalue weighted by molar-refractivity contribution is 5.66. The fourth-order valence-electron chi connectivity index (χ4n) is 2.56. The van der Waals surface area contributed by atoms with E-state index in [1.165, 1.54) is 6.33 Å². The SMILES string of the molecule is COc1cc(Nc2ncnc(-c3ccc(N(C)C)nc3)n2)cc(OC)c1OC. The third kappa shape index (κ3) is 4.03. The van der Waals surface area contributed by atoms with Crippen molar-refractivity contribution >= 4 is 17.5 Å². The van der Waals surface area contributed by atoms with Gasteiger partial charge in [0.15, 0.2) is 17.3 Å². The molecule has 0 aliphatic rings. The molecule has 0 aliphatic carbocycles. The number of rotatable bonds is 7. The van der Waals surface area contributed by atoms with Crippen molar-refractivity contribution in [1.82, 2.24) is 19.9 Å². The molecule has 0 spiro atoms. The van der Waals surface area contributed by atoms with Crippen LogP contribution < -0.4 is 24.4 Å². The van der Waals surface area contributed by atoms with Gasteiger partial charge in [0.1, 0.15) is 12.1 Å². The van der Waals surface area contributed by atoms with Gasteiger partial charge in [-0.1, -0.05) is 0 Å². The van der Waals surface area contributed by atoms with Gasteiger partial charge in [0.05, 0.1) is 21.3 Å². The molecule has 0 aliphatic heterocycles. The van der Waals surface area contributed by atoms with Crippen LogP contribution in [0.1, 0.15) is 0 Å². The normalized spacial score (nSPS) is 10.3. The average molecular weight is 382 g/mol. The van der Waals surface area contributed by atoms with Gasteiger partial charge in [-0.3, -0.25) is 0 Å². The number of hydrogen-bond acceptors (Lipinski definition) is 9. The molecule has 2 aromatic heterocycles. The Morgan fingerprint density at radius 3 is 2.14 bits per heavy atom. The summed E-state index contributed by atoms with van der Waals surface area (Å²) in [5.41, 5.74) is 1.48. The van der Waals surface area contributed by atoms with Crippen LogP contribution in [0, 0.1) is 0 Å². The smallest absolute Gasteiger partial charge is 0.230 e. The van der Waals surface area contributed by atoms with Crippen LogP contribution in [0.3, 0.4) is 0 Å². The predicted molar refractivity (Wildman–Crippen MR) is 107 cm³/mol. The summed E-state index contributed by atoms with van der Waals surface area (Å²) in [6, 6.07) is 7.38. The van der Waals surface area contributed by atoms with Crippen LogP contribution in [0.5, 0.6) is 17.2 Å². The first kappa shape index (κ1) is 19.2. The molecule has 0 bridgehead atoms. The summed E-state index contributed by atoms with van der Waals surface area (Å²) in [6.45, 7) is 0. The predicted octanol–water partition coefficient (Wildman–Crippen LogP) is 2.77. The Kier molecular flexibility index (Phi) is 5.73. The standard InChI is InChI=1S/C19H22N6O3/c1-25(2)16-7-6-12(10-20-16)18-21-11-22-19(24-18)23-13-8-14(26-3)17(28-5)15(9-13)27-4/h6-11H,1-5H3,(H,21,22,23,24). The van der Waals surface area contributed by atoms with E-state index in [-0.39, 0.29) is 0 Å². The average Bonchev–Trinajstić information content (AvgIpc) is 2.73. The summed E-state index contributed by atoms with van der Waals surface area (Å²) in [5, 5.41) is 3.14. The Labute approximate surface area is 163 Å². The zero-order chi connectivity index (χ0) is 20.1. The summed E-state index contributed by atoms with van der Waals surface area (Å²) in [6.07, 6.45) is 3.18. The topological polar surface area (TPSA) is 94.5 Å². The summed E-state index contributed by atoms with van der Waals surface area (Å²) in [7, 11) is 8.55. The second kappa shape index (κ2) is 8.38. The maximum absolute atomic E-state index is 5.37. The van der Waals surface area contributed by atoms with Crippen molar-refractivity contribution in [3.05, 3.63) is 36.8 Å². The second-order valence-electron chi connectivity index (χ2n) is 5.97. The minimum absolute atomic E-state index is 0.385. The number of nitrogens with one attached hydrogen (secondary N) is 1. The number of pyridine rings is 1. The van der Waals surface area contributed by atoms with E-state index >= 15 is 0 Å². The van der Waals surface area contributed by atoms with Crippen LogP contribution in [0.25, 0.3) is 11.4 Å². The van der Waals surface area contributed by atoms with Gasteiger partial charge in [0.25, 0.3) is 0 Å². The Balaban J connectivity index is 1.89. The van der Waals surface area contributed by atoms with E-state index in [2.05, 4.69) is 25.3 Å². The molecule has 2 heterocycles. The van der Waals surface area contributed by atoms with Gasteiger partial charge in [-0.05, 0) is 12.1 Å². The molecule has 0 unspecified atom stereocenters. The van der Waals surface area contributed by atoms with Gasteiger partial charge in [0.2, 0.25) is 11.7 Å². The van der Waals surface area contributed by atoms with E-state index < -0.39 is 0 Å². The molecule has 3 aromatic rings. The fraction of sp³-hybridized carbons (Fsp3) is 0.263. The fourth-order valence-corrected chi connectivity index (χ4v) is 2.56.